The van der Waals surface area contributed by atoms with Crippen molar-refractivity contribution < 1.29 is 21.2 Å². The topological polar surface area (TPSA) is 95.9 Å². The van der Waals surface area contributed by atoms with Crippen molar-refractivity contribution in [3.05, 3.63) is 94.8 Å². The zero-order chi connectivity index (χ0) is 24.5. The van der Waals surface area contributed by atoms with Crippen LogP contribution in [0.4, 0.5) is 10.1 Å². The normalized spacial score (nSPS) is 16.4. The largest absolute Gasteiger partial charge is 0.284 e. The molecule has 3 aromatic carbocycles. The molecule has 3 aromatic rings. The third kappa shape index (κ3) is 4.94. The van der Waals surface area contributed by atoms with Gasteiger partial charge in [0.25, 0.3) is 10.0 Å². The number of rotatable bonds is 7. The van der Waals surface area contributed by atoms with E-state index < -0.39 is 31.9 Å². The first-order valence-corrected chi connectivity index (χ1v) is 13.8. The Morgan fingerprint density at radius 3 is 2.26 bits per heavy atom. The number of nitrogens with one attached hydrogen (secondary N) is 1. The smallest absolute Gasteiger partial charge is 0.279 e. The van der Waals surface area contributed by atoms with Crippen molar-refractivity contribution in [3.63, 3.8) is 0 Å². The summed E-state index contributed by atoms with van der Waals surface area (Å²) in [4.78, 5) is -0.0208. The van der Waals surface area contributed by atoms with Crippen LogP contribution in [0.25, 0.3) is 0 Å². The second-order valence-corrected chi connectivity index (χ2v) is 11.8. The van der Waals surface area contributed by atoms with E-state index in [-0.39, 0.29) is 22.6 Å². The van der Waals surface area contributed by atoms with Crippen molar-refractivity contribution in [1.82, 2.24) is 4.41 Å². The van der Waals surface area contributed by atoms with Gasteiger partial charge in [0, 0.05) is 22.7 Å². The molecule has 0 fully saturated rings. The van der Waals surface area contributed by atoms with E-state index in [1.807, 2.05) is 0 Å². The first kappa shape index (κ1) is 24.2. The number of hydrogen-bond donors (Lipinski definition) is 1. The highest BCUT2D eigenvalue weighted by molar-refractivity contribution is 7.92. The van der Waals surface area contributed by atoms with E-state index in [9.17, 15) is 21.2 Å². The van der Waals surface area contributed by atoms with E-state index in [1.165, 1.54) is 49.4 Å². The summed E-state index contributed by atoms with van der Waals surface area (Å²) in [6.07, 6.45) is 0.133. The molecule has 0 amide bonds. The lowest BCUT2D eigenvalue weighted by Crippen LogP contribution is -2.27. The van der Waals surface area contributed by atoms with Crippen LogP contribution >= 0.6 is 11.6 Å². The van der Waals surface area contributed by atoms with Gasteiger partial charge in [0.05, 0.1) is 22.4 Å². The zero-order valence-electron chi connectivity index (χ0n) is 18.0. The van der Waals surface area contributed by atoms with Crippen LogP contribution in [0.5, 0.6) is 0 Å². The average molecular weight is 522 g/mol. The molecule has 1 heterocycles. The monoisotopic (exact) mass is 521 g/mol. The summed E-state index contributed by atoms with van der Waals surface area (Å²) in [6.45, 7) is 1.53. The van der Waals surface area contributed by atoms with E-state index >= 15 is 0 Å². The molecule has 0 aromatic heterocycles. The average Bonchev–Trinajstić information content (AvgIpc) is 3.26. The minimum absolute atomic E-state index is 0.0208. The van der Waals surface area contributed by atoms with Crippen LogP contribution in [0, 0.1) is 5.82 Å². The minimum Gasteiger partial charge on any atom is -0.284 e. The Hall–Kier alpha value is -2.95. The fourth-order valence-electron chi connectivity index (χ4n) is 3.56. The summed E-state index contributed by atoms with van der Waals surface area (Å²) in [5, 5.41) is 4.76. The van der Waals surface area contributed by atoms with E-state index in [1.54, 1.807) is 30.3 Å². The molecule has 0 aliphatic carbocycles. The highest BCUT2D eigenvalue weighted by Crippen LogP contribution is 2.38. The predicted octanol–water partition coefficient (Wildman–Crippen LogP) is 4.78. The van der Waals surface area contributed by atoms with Gasteiger partial charge in [-0.15, -0.1) is 0 Å². The van der Waals surface area contributed by atoms with Crippen LogP contribution in [0.2, 0.25) is 5.02 Å². The molecule has 1 unspecified atom stereocenters. The predicted molar refractivity (Wildman–Crippen MR) is 130 cm³/mol. The molecule has 7 nitrogen and oxygen atoms in total. The first-order valence-electron chi connectivity index (χ1n) is 10.3. The van der Waals surface area contributed by atoms with E-state index in [0.29, 0.717) is 22.0 Å². The highest BCUT2D eigenvalue weighted by atomic mass is 35.5. The number of halogens is 2. The van der Waals surface area contributed by atoms with Gasteiger partial charge in [-0.2, -0.15) is 17.9 Å². The molecule has 4 rings (SSSR count). The van der Waals surface area contributed by atoms with Gasteiger partial charge in [0.15, 0.2) is 0 Å². The minimum atomic E-state index is -4.12. The maximum atomic E-state index is 14.7. The van der Waals surface area contributed by atoms with Gasteiger partial charge < -0.3 is 0 Å². The van der Waals surface area contributed by atoms with E-state index in [4.69, 9.17) is 11.6 Å². The van der Waals surface area contributed by atoms with Crippen LogP contribution < -0.4 is 4.72 Å². The fraction of sp³-hybridized carbons (Fsp3) is 0.174. The molecule has 0 saturated carbocycles. The van der Waals surface area contributed by atoms with Crippen LogP contribution in [-0.4, -0.2) is 32.7 Å². The van der Waals surface area contributed by atoms with Gasteiger partial charge >= 0.3 is 0 Å². The Labute approximate surface area is 203 Å². The zero-order valence-corrected chi connectivity index (χ0v) is 20.4. The number of anilines is 1. The molecule has 1 aliphatic rings. The van der Waals surface area contributed by atoms with Crippen molar-refractivity contribution in [2.45, 2.75) is 24.3 Å². The number of hydrogen-bond acceptors (Lipinski definition) is 5. The summed E-state index contributed by atoms with van der Waals surface area (Å²) in [5.41, 5.74) is 1.59. The summed E-state index contributed by atoms with van der Waals surface area (Å²) >= 11 is 5.90. The van der Waals surface area contributed by atoms with E-state index in [2.05, 4.69) is 9.82 Å². The Morgan fingerprint density at radius 1 is 1.00 bits per heavy atom. The summed E-state index contributed by atoms with van der Waals surface area (Å²) in [6, 6.07) is 17.2. The third-order valence-corrected chi connectivity index (χ3v) is 8.62. The summed E-state index contributed by atoms with van der Waals surface area (Å²) in [5.74, 6) is -0.604. The van der Waals surface area contributed by atoms with Gasteiger partial charge in [-0.05, 0) is 55.0 Å². The van der Waals surface area contributed by atoms with Gasteiger partial charge in [-0.3, -0.25) is 4.72 Å². The van der Waals surface area contributed by atoms with Crippen LogP contribution in [0.3, 0.4) is 0 Å². The molecule has 0 saturated heterocycles. The lowest BCUT2D eigenvalue weighted by molar-refractivity contribution is 0.362. The molecule has 1 atom stereocenters. The Morgan fingerprint density at radius 2 is 1.65 bits per heavy atom. The maximum Gasteiger partial charge on any atom is 0.279 e. The van der Waals surface area contributed by atoms with Gasteiger partial charge in [0.1, 0.15) is 5.82 Å². The van der Waals surface area contributed by atoms with Gasteiger partial charge in [-0.1, -0.05) is 41.9 Å². The summed E-state index contributed by atoms with van der Waals surface area (Å²) in [7, 11) is -7.55. The van der Waals surface area contributed by atoms with E-state index in [0.717, 1.165) is 4.41 Å². The first-order chi connectivity index (χ1) is 16.1. The van der Waals surface area contributed by atoms with Crippen molar-refractivity contribution in [2.75, 3.05) is 10.5 Å². The van der Waals surface area contributed by atoms with Crippen molar-refractivity contribution in [2.24, 2.45) is 5.10 Å². The number of benzene rings is 3. The molecule has 1 N–H and O–H groups in total. The Kier molecular flexibility index (Phi) is 6.66. The molecule has 34 heavy (non-hydrogen) atoms. The maximum absolute atomic E-state index is 14.7. The standard InChI is InChI=1S/C23H21ClFN3O4S2/c1-2-33(29,30)27-18-11-7-16(8-12-18)22-15-23(20-5-3-4-6-21(20)25)28(26-22)34(31,32)19-13-9-17(24)10-14-19/h3-14,23,27H,2,15H2,1H3. The molecule has 0 spiro atoms. The molecule has 1 aliphatic heterocycles. The highest BCUT2D eigenvalue weighted by Gasteiger charge is 2.38. The lowest BCUT2D eigenvalue weighted by atomic mass is 9.99. The van der Waals surface area contributed by atoms with Crippen molar-refractivity contribution >= 4 is 43.0 Å². The molecule has 11 heteroatoms. The molecule has 178 valence electrons. The summed E-state index contributed by atoms with van der Waals surface area (Å²) < 4.78 is 68.5. The van der Waals surface area contributed by atoms with Crippen LogP contribution in [-0.2, 0) is 20.0 Å². The fourth-order valence-corrected chi connectivity index (χ4v) is 5.75. The Balaban J connectivity index is 1.73. The van der Waals surface area contributed by atoms with Crippen molar-refractivity contribution in [3.8, 4) is 0 Å². The van der Waals surface area contributed by atoms with Crippen LogP contribution in [0.15, 0.2) is 82.8 Å². The number of sulfonamides is 2. The third-order valence-electron chi connectivity index (χ3n) is 5.37. The molecule has 0 bridgehead atoms. The van der Waals surface area contributed by atoms with Crippen molar-refractivity contribution in [1.29, 1.82) is 0 Å². The molecular weight excluding hydrogens is 501 g/mol. The second kappa shape index (κ2) is 9.36. The number of nitrogens with zero attached hydrogens (tertiary/aromatic N) is 2. The number of hydrazone groups is 1. The molecular formula is C23H21ClFN3O4S2. The molecule has 0 radical (unpaired) electrons. The quantitative estimate of drug-likeness (QED) is 0.484. The van der Waals surface area contributed by atoms with Gasteiger partial charge in [-0.25, -0.2) is 12.8 Å². The van der Waals surface area contributed by atoms with Gasteiger partial charge in [0.2, 0.25) is 10.0 Å². The second-order valence-electron chi connectivity index (χ2n) is 7.60. The lowest BCUT2D eigenvalue weighted by Gasteiger charge is -2.23. The van der Waals surface area contributed by atoms with Crippen LogP contribution in [0.1, 0.15) is 30.5 Å². The Bertz CT molecular complexity index is 1440. The SMILES string of the molecule is CCS(=O)(=O)Nc1ccc(C2=NN(S(=O)(=O)c3ccc(Cl)cc3)C(c3ccccc3F)C2)cc1.